The van der Waals surface area contributed by atoms with Crippen molar-refractivity contribution in [3.05, 3.63) is 34.3 Å². The van der Waals surface area contributed by atoms with Crippen molar-refractivity contribution in [3.63, 3.8) is 0 Å². The minimum Gasteiger partial charge on any atom is -0.340 e. The van der Waals surface area contributed by atoms with E-state index in [9.17, 15) is 4.79 Å². The van der Waals surface area contributed by atoms with Gasteiger partial charge in [-0.1, -0.05) is 62.3 Å². The van der Waals surface area contributed by atoms with Crippen molar-refractivity contribution in [2.75, 3.05) is 6.54 Å². The summed E-state index contributed by atoms with van der Waals surface area (Å²) in [5.74, 6) is 1.59. The van der Waals surface area contributed by atoms with Crippen molar-refractivity contribution in [2.24, 2.45) is 5.92 Å². The first-order valence-electron chi connectivity index (χ1n) is 11.3. The molecule has 1 amide bonds. The molecule has 4 rings (SSSR count). The lowest BCUT2D eigenvalue weighted by Crippen LogP contribution is -2.42. The molecule has 1 aromatic rings. The Hall–Kier alpha value is -1.02. The molecule has 1 aromatic carbocycles. The number of carbonyl (C=O) groups excluding carboxylic acids is 1. The van der Waals surface area contributed by atoms with Crippen LogP contribution < -0.4 is 0 Å². The van der Waals surface area contributed by atoms with E-state index in [4.69, 9.17) is 11.6 Å². The number of hydrogen-bond donors (Lipinski definition) is 0. The Morgan fingerprint density at radius 1 is 1.04 bits per heavy atom. The Morgan fingerprint density at radius 3 is 2.33 bits per heavy atom. The third kappa shape index (κ3) is 4.21. The Labute approximate surface area is 169 Å². The second-order valence-electron chi connectivity index (χ2n) is 8.98. The van der Waals surface area contributed by atoms with Crippen LogP contribution in [0.2, 0.25) is 5.02 Å². The zero-order valence-electron chi connectivity index (χ0n) is 16.8. The third-order valence-electron chi connectivity index (χ3n) is 7.24. The average molecular weight is 388 g/mol. The molecule has 3 aliphatic carbocycles. The van der Waals surface area contributed by atoms with Gasteiger partial charge in [-0.05, 0) is 68.1 Å². The maximum absolute atomic E-state index is 13.1. The monoisotopic (exact) mass is 387 g/mol. The zero-order valence-corrected chi connectivity index (χ0v) is 17.5. The van der Waals surface area contributed by atoms with Crippen molar-refractivity contribution in [1.29, 1.82) is 0 Å². The van der Waals surface area contributed by atoms with E-state index in [2.05, 4.69) is 30.0 Å². The van der Waals surface area contributed by atoms with E-state index in [1.54, 1.807) is 0 Å². The Morgan fingerprint density at radius 2 is 1.70 bits per heavy atom. The first-order valence-corrected chi connectivity index (χ1v) is 11.7. The van der Waals surface area contributed by atoms with Gasteiger partial charge in [-0.15, -0.1) is 0 Å². The number of halogens is 1. The Bertz CT molecular complexity index is 660. The van der Waals surface area contributed by atoms with E-state index < -0.39 is 0 Å². The molecule has 3 heteroatoms. The zero-order chi connectivity index (χ0) is 18.8. The van der Waals surface area contributed by atoms with Crippen molar-refractivity contribution in [2.45, 2.75) is 95.4 Å². The quantitative estimate of drug-likeness (QED) is 0.552. The summed E-state index contributed by atoms with van der Waals surface area (Å²) >= 11 is 6.68. The second-order valence-corrected chi connectivity index (χ2v) is 9.39. The number of benzene rings is 1. The molecule has 148 valence electrons. The van der Waals surface area contributed by atoms with Crippen LogP contribution in [0.4, 0.5) is 0 Å². The summed E-state index contributed by atoms with van der Waals surface area (Å²) in [5.41, 5.74) is 2.61. The highest BCUT2D eigenvalue weighted by Crippen LogP contribution is 2.50. The van der Waals surface area contributed by atoms with Crippen molar-refractivity contribution in [3.8, 4) is 0 Å². The number of hydrogen-bond acceptors (Lipinski definition) is 1. The molecule has 3 saturated carbocycles. The average Bonchev–Trinajstić information content (AvgIpc) is 3.51. The first-order chi connectivity index (χ1) is 13.2. The Kier molecular flexibility index (Phi) is 6.12. The van der Waals surface area contributed by atoms with Gasteiger partial charge in [-0.2, -0.15) is 0 Å². The summed E-state index contributed by atoms with van der Waals surface area (Å²) in [6, 6.07) is 7.16. The minimum absolute atomic E-state index is 0.184. The fraction of sp³-hybridized carbons (Fsp3) is 0.708. The van der Waals surface area contributed by atoms with Crippen molar-refractivity contribution in [1.82, 2.24) is 4.90 Å². The molecule has 0 aromatic heterocycles. The van der Waals surface area contributed by atoms with E-state index in [-0.39, 0.29) is 5.92 Å². The third-order valence-corrected chi connectivity index (χ3v) is 7.57. The molecule has 0 spiro atoms. The number of nitrogens with zero attached hydrogens (tertiary/aromatic N) is 1. The number of rotatable bonds is 5. The highest BCUT2D eigenvalue weighted by atomic mass is 35.5. The van der Waals surface area contributed by atoms with Crippen LogP contribution in [-0.2, 0) is 4.79 Å². The highest BCUT2D eigenvalue weighted by molar-refractivity contribution is 6.31. The molecule has 3 aliphatic rings. The van der Waals surface area contributed by atoms with Gasteiger partial charge in [0.2, 0.25) is 5.91 Å². The van der Waals surface area contributed by atoms with Crippen LogP contribution in [0.5, 0.6) is 0 Å². The molecule has 2 atom stereocenters. The van der Waals surface area contributed by atoms with Gasteiger partial charge < -0.3 is 4.90 Å². The maximum atomic E-state index is 13.1. The van der Waals surface area contributed by atoms with Gasteiger partial charge in [0.1, 0.15) is 0 Å². The van der Waals surface area contributed by atoms with Gasteiger partial charge in [0, 0.05) is 23.5 Å². The number of carbonyl (C=O) groups is 1. The molecule has 0 saturated heterocycles. The topological polar surface area (TPSA) is 20.3 Å². The van der Waals surface area contributed by atoms with Gasteiger partial charge in [0.25, 0.3) is 0 Å². The number of amides is 1. The van der Waals surface area contributed by atoms with Crippen molar-refractivity contribution < 1.29 is 4.79 Å². The standard InChI is InChI=1S/C24H34ClNO/c1-2-26(19-11-7-4-8-12-19)24(27)22-16-21(22)18-13-14-20(23(25)15-18)17-9-5-3-6-10-17/h13-15,17,19,21-22H,2-12,16H2,1H3. The molecule has 2 unspecified atom stereocenters. The highest BCUT2D eigenvalue weighted by Gasteiger charge is 2.46. The largest absolute Gasteiger partial charge is 0.340 e. The maximum Gasteiger partial charge on any atom is 0.226 e. The predicted octanol–water partition coefficient (Wildman–Crippen LogP) is 6.67. The van der Waals surface area contributed by atoms with Crippen molar-refractivity contribution >= 4 is 17.5 Å². The van der Waals surface area contributed by atoms with Gasteiger partial charge in [0.05, 0.1) is 0 Å². The Balaban J connectivity index is 1.41. The summed E-state index contributed by atoms with van der Waals surface area (Å²) in [7, 11) is 0. The van der Waals surface area contributed by atoms with Crippen LogP contribution in [0.3, 0.4) is 0 Å². The fourth-order valence-corrected chi connectivity index (χ4v) is 5.90. The van der Waals surface area contributed by atoms with E-state index in [0.717, 1.165) is 18.0 Å². The second kappa shape index (κ2) is 8.55. The molecule has 0 heterocycles. The van der Waals surface area contributed by atoms with Crippen LogP contribution in [0.15, 0.2) is 18.2 Å². The predicted molar refractivity (Wildman–Crippen MR) is 112 cm³/mol. The van der Waals surface area contributed by atoms with E-state index >= 15 is 0 Å². The van der Waals surface area contributed by atoms with Crippen LogP contribution in [0, 0.1) is 5.92 Å². The van der Waals surface area contributed by atoms with E-state index in [0.29, 0.717) is 23.8 Å². The molecule has 3 fully saturated rings. The van der Waals surface area contributed by atoms with Crippen LogP contribution >= 0.6 is 11.6 Å². The van der Waals surface area contributed by atoms with Gasteiger partial charge >= 0.3 is 0 Å². The molecular formula is C24H34ClNO. The van der Waals surface area contributed by atoms with Crippen LogP contribution in [-0.4, -0.2) is 23.4 Å². The summed E-state index contributed by atoms with van der Waals surface area (Å²) in [6.45, 7) is 2.99. The van der Waals surface area contributed by atoms with Crippen LogP contribution in [0.25, 0.3) is 0 Å². The molecule has 27 heavy (non-hydrogen) atoms. The summed E-state index contributed by atoms with van der Waals surface area (Å²) in [5, 5.41) is 0.928. The van der Waals surface area contributed by atoms with Gasteiger partial charge in [-0.25, -0.2) is 0 Å². The molecule has 2 nitrogen and oxygen atoms in total. The lowest BCUT2D eigenvalue weighted by Gasteiger charge is -2.34. The fourth-order valence-electron chi connectivity index (χ4n) is 5.55. The molecular weight excluding hydrogens is 354 g/mol. The summed E-state index contributed by atoms with van der Waals surface area (Å²) in [4.78, 5) is 15.3. The lowest BCUT2D eigenvalue weighted by atomic mass is 9.83. The minimum atomic E-state index is 0.184. The molecule has 0 bridgehead atoms. The van der Waals surface area contributed by atoms with Gasteiger partial charge in [0.15, 0.2) is 0 Å². The lowest BCUT2D eigenvalue weighted by molar-refractivity contribution is -0.135. The normalized spacial score (nSPS) is 26.7. The summed E-state index contributed by atoms with van der Waals surface area (Å²) in [6.07, 6.45) is 13.9. The molecule has 0 N–H and O–H groups in total. The summed E-state index contributed by atoms with van der Waals surface area (Å²) < 4.78 is 0. The smallest absolute Gasteiger partial charge is 0.226 e. The molecule has 0 radical (unpaired) electrons. The first kappa shape index (κ1) is 19.3. The van der Waals surface area contributed by atoms with Crippen LogP contribution in [0.1, 0.15) is 101 Å². The van der Waals surface area contributed by atoms with Gasteiger partial charge in [-0.3, -0.25) is 4.79 Å². The SMILES string of the molecule is CCN(C(=O)C1CC1c1ccc(C2CCCCC2)c(Cl)c1)C1CCCCC1. The molecule has 0 aliphatic heterocycles. The van der Waals surface area contributed by atoms with E-state index in [1.807, 2.05) is 0 Å². The van der Waals surface area contributed by atoms with E-state index in [1.165, 1.54) is 75.3 Å².